The van der Waals surface area contributed by atoms with Gasteiger partial charge in [-0.3, -0.25) is 10.0 Å². The zero-order chi connectivity index (χ0) is 23.5. The van der Waals surface area contributed by atoms with Gasteiger partial charge in [0.2, 0.25) is 0 Å². The van der Waals surface area contributed by atoms with E-state index in [1.807, 2.05) is 48.5 Å². The number of carbonyl (C=O) groups excluding carboxylic acids is 1. The second-order valence-electron chi connectivity index (χ2n) is 8.45. The van der Waals surface area contributed by atoms with Gasteiger partial charge in [-0.15, -0.1) is 0 Å². The zero-order valence-electron chi connectivity index (χ0n) is 18.3. The van der Waals surface area contributed by atoms with Crippen LogP contribution >= 0.6 is 0 Å². The maximum atomic E-state index is 12.2. The summed E-state index contributed by atoms with van der Waals surface area (Å²) in [5.41, 5.74) is 6.09. The molecule has 3 atom stereocenters. The number of amides is 1. The molecule has 0 radical (unpaired) electrons. The Kier molecular flexibility index (Phi) is 7.02. The first-order valence-electron chi connectivity index (χ1n) is 10.3. The van der Waals surface area contributed by atoms with Crippen LogP contribution in [0.3, 0.4) is 0 Å². The maximum Gasteiger partial charge on any atom is 0.264 e. The van der Waals surface area contributed by atoms with Gasteiger partial charge in [0.05, 0.1) is 11.8 Å². The van der Waals surface area contributed by atoms with E-state index in [1.165, 1.54) is 12.4 Å². The average Bonchev–Trinajstić information content (AvgIpc) is 3.21. The Balaban J connectivity index is 1.68. The molecule has 1 heterocycles. The van der Waals surface area contributed by atoms with Crippen molar-refractivity contribution >= 4 is 21.5 Å². The number of nitrogens with zero attached hydrogens (tertiary/aromatic N) is 1. The van der Waals surface area contributed by atoms with Crippen LogP contribution in [0.2, 0.25) is 0 Å². The van der Waals surface area contributed by atoms with E-state index in [1.54, 1.807) is 6.92 Å². The van der Waals surface area contributed by atoms with Gasteiger partial charge < -0.3 is 9.94 Å². The molecule has 1 aliphatic heterocycles. The molecular formula is C23H28N2O6S. The molecule has 9 heteroatoms. The third kappa shape index (κ3) is 5.17. The van der Waals surface area contributed by atoms with E-state index >= 15 is 0 Å². The van der Waals surface area contributed by atoms with Gasteiger partial charge in [-0.05, 0) is 42.5 Å². The van der Waals surface area contributed by atoms with Crippen molar-refractivity contribution in [1.29, 1.82) is 0 Å². The van der Waals surface area contributed by atoms with Crippen LogP contribution in [0.25, 0.3) is 11.1 Å². The minimum Gasteiger partial charge on any atom is -0.393 e. The first-order valence-corrected chi connectivity index (χ1v) is 12.2. The number of aliphatic hydroxyl groups is 1. The largest absolute Gasteiger partial charge is 0.393 e. The van der Waals surface area contributed by atoms with Crippen LogP contribution in [0, 0.1) is 0 Å². The minimum atomic E-state index is -3.81. The smallest absolute Gasteiger partial charge is 0.264 e. The van der Waals surface area contributed by atoms with Crippen molar-refractivity contribution in [3.05, 3.63) is 59.7 Å². The summed E-state index contributed by atoms with van der Waals surface area (Å²) >= 11 is 0. The summed E-state index contributed by atoms with van der Waals surface area (Å²) in [6, 6.07) is 15.8. The van der Waals surface area contributed by atoms with Gasteiger partial charge in [-0.1, -0.05) is 53.7 Å². The second-order valence-corrected chi connectivity index (χ2v) is 10.9. The number of oxime groups is 1. The van der Waals surface area contributed by atoms with Gasteiger partial charge in [0.15, 0.2) is 14.6 Å². The van der Waals surface area contributed by atoms with Crippen LogP contribution < -0.4 is 5.48 Å². The van der Waals surface area contributed by atoms with E-state index in [0.29, 0.717) is 18.6 Å². The highest BCUT2D eigenvalue weighted by Gasteiger charge is 2.47. The monoisotopic (exact) mass is 460 g/mol. The molecule has 0 aromatic heterocycles. The molecule has 1 unspecified atom stereocenters. The van der Waals surface area contributed by atoms with Crippen molar-refractivity contribution in [2.24, 2.45) is 5.16 Å². The molecule has 3 rings (SSSR count). The standard InChI is InChI=1S/C23H28N2O6S/c1-15(26)12-16-4-6-17(7-5-16)18-8-10-19(11-9-18)21-13-20(31-25-21)14-23(2,22(27)24-28)32(3,29)30/h4-11,15,20,26,28H,12-14H2,1-3H3,(H,24,27)/t15?,20-,23-/m1/s1. The molecule has 32 heavy (non-hydrogen) atoms. The lowest BCUT2D eigenvalue weighted by atomic mass is 9.95. The fourth-order valence-corrected chi connectivity index (χ4v) is 4.57. The summed E-state index contributed by atoms with van der Waals surface area (Å²) in [6.45, 7) is 3.02. The lowest BCUT2D eigenvalue weighted by molar-refractivity contribution is -0.132. The van der Waals surface area contributed by atoms with Crippen LogP contribution in [-0.4, -0.2) is 53.6 Å². The van der Waals surface area contributed by atoms with Crippen molar-refractivity contribution in [2.75, 3.05) is 6.26 Å². The molecule has 1 amide bonds. The molecule has 3 N–H and O–H groups in total. The Morgan fingerprint density at radius 1 is 1.16 bits per heavy atom. The summed E-state index contributed by atoms with van der Waals surface area (Å²) < 4.78 is 22.5. The number of aliphatic hydroxyl groups excluding tert-OH is 1. The van der Waals surface area contributed by atoms with Gasteiger partial charge in [-0.2, -0.15) is 0 Å². The lowest BCUT2D eigenvalue weighted by Crippen LogP contribution is -2.51. The average molecular weight is 461 g/mol. The SMILES string of the molecule is CC(O)Cc1ccc(-c2ccc(C3=NO[C@@H](C[C@](C)(C(=O)NO)S(C)(=O)=O)C3)cc2)cc1. The topological polar surface area (TPSA) is 125 Å². The second kappa shape index (κ2) is 9.40. The van der Waals surface area contributed by atoms with Crippen LogP contribution in [0.15, 0.2) is 53.7 Å². The number of benzene rings is 2. The summed E-state index contributed by atoms with van der Waals surface area (Å²) in [6.07, 6.45) is 0.779. The van der Waals surface area contributed by atoms with Crippen LogP contribution in [0.1, 0.15) is 37.8 Å². The van der Waals surface area contributed by atoms with Crippen molar-refractivity contribution in [2.45, 2.75) is 50.1 Å². The summed E-state index contributed by atoms with van der Waals surface area (Å²) in [5, 5.41) is 22.6. The lowest BCUT2D eigenvalue weighted by Gasteiger charge is -2.26. The fraction of sp³-hybridized carbons (Fsp3) is 0.391. The van der Waals surface area contributed by atoms with Gasteiger partial charge >= 0.3 is 0 Å². The molecule has 0 saturated carbocycles. The van der Waals surface area contributed by atoms with Gasteiger partial charge in [0.1, 0.15) is 6.10 Å². The highest BCUT2D eigenvalue weighted by molar-refractivity contribution is 7.92. The van der Waals surface area contributed by atoms with Gasteiger partial charge in [-0.25, -0.2) is 13.9 Å². The van der Waals surface area contributed by atoms with Crippen LogP contribution in [-0.2, 0) is 25.9 Å². The molecule has 172 valence electrons. The third-order valence-electron chi connectivity index (χ3n) is 5.79. The van der Waals surface area contributed by atoms with Crippen molar-refractivity contribution in [3.8, 4) is 11.1 Å². The zero-order valence-corrected chi connectivity index (χ0v) is 19.1. The number of rotatable bonds is 8. The van der Waals surface area contributed by atoms with Crippen LogP contribution in [0.4, 0.5) is 0 Å². The van der Waals surface area contributed by atoms with E-state index in [4.69, 9.17) is 10.0 Å². The maximum absolute atomic E-state index is 12.2. The predicted molar refractivity (Wildman–Crippen MR) is 121 cm³/mol. The van der Waals surface area contributed by atoms with E-state index < -0.39 is 26.6 Å². The van der Waals surface area contributed by atoms with E-state index in [9.17, 15) is 18.3 Å². The number of carbonyl (C=O) groups is 1. The number of hydrogen-bond acceptors (Lipinski definition) is 7. The Morgan fingerprint density at radius 2 is 1.69 bits per heavy atom. The molecule has 0 spiro atoms. The first-order chi connectivity index (χ1) is 15.0. The van der Waals surface area contributed by atoms with Crippen molar-refractivity contribution < 1.29 is 28.4 Å². The van der Waals surface area contributed by atoms with Crippen molar-refractivity contribution in [1.82, 2.24) is 5.48 Å². The molecule has 1 aliphatic rings. The number of nitrogens with one attached hydrogen (secondary N) is 1. The number of hydroxylamine groups is 1. The molecular weight excluding hydrogens is 432 g/mol. The van der Waals surface area contributed by atoms with Gasteiger partial charge in [0.25, 0.3) is 5.91 Å². The Hall–Kier alpha value is -2.75. The molecule has 2 aromatic carbocycles. The fourth-order valence-electron chi connectivity index (χ4n) is 3.70. The minimum absolute atomic E-state index is 0.137. The first kappa shape index (κ1) is 23.9. The molecule has 2 aromatic rings. The van der Waals surface area contributed by atoms with E-state index in [-0.39, 0.29) is 12.5 Å². The Morgan fingerprint density at radius 3 is 2.19 bits per heavy atom. The Labute approximate surface area is 187 Å². The summed E-state index contributed by atoms with van der Waals surface area (Å²) in [7, 11) is -3.81. The molecule has 8 nitrogen and oxygen atoms in total. The van der Waals surface area contributed by atoms with Crippen molar-refractivity contribution in [3.63, 3.8) is 0 Å². The highest BCUT2D eigenvalue weighted by atomic mass is 32.2. The normalized spacial score (nSPS) is 18.9. The van der Waals surface area contributed by atoms with E-state index in [2.05, 4.69) is 5.16 Å². The number of hydrogen-bond donors (Lipinski definition) is 3. The molecule has 0 saturated heterocycles. The molecule has 0 aliphatic carbocycles. The van der Waals surface area contributed by atoms with Crippen LogP contribution in [0.5, 0.6) is 0 Å². The highest BCUT2D eigenvalue weighted by Crippen LogP contribution is 2.30. The van der Waals surface area contributed by atoms with E-state index in [0.717, 1.165) is 28.5 Å². The summed E-state index contributed by atoms with van der Waals surface area (Å²) in [5.74, 6) is -0.999. The molecule has 0 bridgehead atoms. The molecule has 0 fully saturated rings. The predicted octanol–water partition coefficient (Wildman–Crippen LogP) is 2.47. The Bertz CT molecular complexity index is 1090. The quantitative estimate of drug-likeness (QED) is 0.411. The number of sulfone groups is 1. The summed E-state index contributed by atoms with van der Waals surface area (Å²) in [4.78, 5) is 17.4. The van der Waals surface area contributed by atoms with Gasteiger partial charge in [0, 0.05) is 19.1 Å². The third-order valence-corrected chi connectivity index (χ3v) is 7.78.